The number of likely N-dealkylation sites (tertiary alicyclic amines) is 1. The van der Waals surface area contributed by atoms with E-state index in [-0.39, 0.29) is 5.78 Å². The molecule has 148 valence electrons. The van der Waals surface area contributed by atoms with Crippen LogP contribution in [0.15, 0.2) is 42.5 Å². The van der Waals surface area contributed by atoms with Gasteiger partial charge in [0.2, 0.25) is 0 Å². The van der Waals surface area contributed by atoms with Gasteiger partial charge >= 0.3 is 0 Å². The first-order valence-corrected chi connectivity index (χ1v) is 9.89. The van der Waals surface area contributed by atoms with Crippen LogP contribution in [0, 0.1) is 13.8 Å². The minimum atomic E-state index is -0.00305. The highest BCUT2D eigenvalue weighted by Gasteiger charge is 2.12. The molecule has 0 N–H and O–H groups in total. The van der Waals surface area contributed by atoms with Crippen molar-refractivity contribution in [1.29, 1.82) is 0 Å². The molecule has 0 atom stereocenters. The molecule has 0 amide bonds. The van der Waals surface area contributed by atoms with Crippen LogP contribution < -0.4 is 9.47 Å². The number of nitrogens with zero attached hydrogens (tertiary/aromatic N) is 1. The Morgan fingerprint density at radius 1 is 1.04 bits per heavy atom. The van der Waals surface area contributed by atoms with Crippen LogP contribution in [0.4, 0.5) is 0 Å². The van der Waals surface area contributed by atoms with E-state index in [4.69, 9.17) is 9.47 Å². The third-order valence-electron chi connectivity index (χ3n) is 4.98. The van der Waals surface area contributed by atoms with E-state index in [1.807, 2.05) is 50.3 Å². The molecule has 1 fully saturated rings. The molecule has 1 heterocycles. The SMILES string of the molecule is COc1cc(C=CC(=O)c2cc(C)cc(C)c2)ccc1OCCN1CCCC1. The summed E-state index contributed by atoms with van der Waals surface area (Å²) in [5.74, 6) is 1.42. The van der Waals surface area contributed by atoms with Gasteiger partial charge in [0.25, 0.3) is 0 Å². The summed E-state index contributed by atoms with van der Waals surface area (Å²) < 4.78 is 11.4. The van der Waals surface area contributed by atoms with Crippen molar-refractivity contribution in [3.05, 3.63) is 64.7 Å². The Balaban J connectivity index is 1.63. The number of carbonyl (C=O) groups excluding carboxylic acids is 1. The predicted molar refractivity (Wildman–Crippen MR) is 113 cm³/mol. The molecule has 0 radical (unpaired) electrons. The number of carbonyl (C=O) groups is 1. The first-order valence-electron chi connectivity index (χ1n) is 9.89. The highest BCUT2D eigenvalue weighted by Crippen LogP contribution is 2.28. The number of aryl methyl sites for hydroxylation is 2. The van der Waals surface area contributed by atoms with E-state index in [0.717, 1.165) is 29.0 Å². The fraction of sp³-hybridized carbons (Fsp3) is 0.375. The van der Waals surface area contributed by atoms with Crippen molar-refractivity contribution in [2.24, 2.45) is 0 Å². The van der Waals surface area contributed by atoms with E-state index < -0.39 is 0 Å². The molecule has 0 aliphatic carbocycles. The molecule has 2 aromatic rings. The van der Waals surface area contributed by atoms with Crippen molar-refractivity contribution in [2.75, 3.05) is 33.4 Å². The van der Waals surface area contributed by atoms with Crippen LogP contribution in [0.25, 0.3) is 6.08 Å². The Labute approximate surface area is 167 Å². The minimum absolute atomic E-state index is 0.00305. The van der Waals surface area contributed by atoms with Gasteiger partial charge in [0.15, 0.2) is 17.3 Å². The summed E-state index contributed by atoms with van der Waals surface area (Å²) in [4.78, 5) is 14.9. The quantitative estimate of drug-likeness (QED) is 0.493. The monoisotopic (exact) mass is 379 g/mol. The Morgan fingerprint density at radius 2 is 1.75 bits per heavy atom. The first-order chi connectivity index (χ1) is 13.5. The van der Waals surface area contributed by atoms with Crippen molar-refractivity contribution < 1.29 is 14.3 Å². The minimum Gasteiger partial charge on any atom is -0.493 e. The first kappa shape index (κ1) is 20.2. The highest BCUT2D eigenvalue weighted by atomic mass is 16.5. The summed E-state index contributed by atoms with van der Waals surface area (Å²) >= 11 is 0. The molecule has 28 heavy (non-hydrogen) atoms. The molecular weight excluding hydrogens is 350 g/mol. The van der Waals surface area contributed by atoms with Crippen LogP contribution in [0.1, 0.15) is 39.9 Å². The summed E-state index contributed by atoms with van der Waals surface area (Å²) in [7, 11) is 1.64. The Bertz CT molecular complexity index is 831. The van der Waals surface area contributed by atoms with Crippen molar-refractivity contribution >= 4 is 11.9 Å². The molecule has 0 saturated carbocycles. The number of ketones is 1. The van der Waals surface area contributed by atoms with Gasteiger partial charge in [0.1, 0.15) is 6.61 Å². The topological polar surface area (TPSA) is 38.8 Å². The zero-order chi connectivity index (χ0) is 19.9. The lowest BCUT2D eigenvalue weighted by atomic mass is 10.0. The van der Waals surface area contributed by atoms with E-state index in [9.17, 15) is 4.79 Å². The van der Waals surface area contributed by atoms with Gasteiger partial charge in [-0.1, -0.05) is 29.3 Å². The van der Waals surface area contributed by atoms with Crippen LogP contribution in [0.5, 0.6) is 11.5 Å². The van der Waals surface area contributed by atoms with Gasteiger partial charge in [-0.25, -0.2) is 0 Å². The second-order valence-electron chi connectivity index (χ2n) is 7.38. The molecule has 0 spiro atoms. The predicted octanol–water partition coefficient (Wildman–Crippen LogP) is 4.68. The van der Waals surface area contributed by atoms with Gasteiger partial charge in [-0.05, 0) is 75.7 Å². The van der Waals surface area contributed by atoms with E-state index in [0.29, 0.717) is 17.9 Å². The number of allylic oxidation sites excluding steroid dienone is 1. The lowest BCUT2D eigenvalue weighted by Gasteiger charge is -2.16. The second kappa shape index (κ2) is 9.56. The molecule has 3 rings (SSSR count). The zero-order valence-electron chi connectivity index (χ0n) is 17.0. The largest absolute Gasteiger partial charge is 0.493 e. The van der Waals surface area contributed by atoms with Crippen molar-refractivity contribution in [3.8, 4) is 11.5 Å². The number of hydrogen-bond donors (Lipinski definition) is 0. The molecule has 1 aliphatic heterocycles. The maximum absolute atomic E-state index is 12.5. The number of methoxy groups -OCH3 is 1. The molecule has 0 bridgehead atoms. The average molecular weight is 380 g/mol. The van der Waals surface area contributed by atoms with Gasteiger partial charge in [-0.2, -0.15) is 0 Å². The maximum Gasteiger partial charge on any atom is 0.185 e. The van der Waals surface area contributed by atoms with Crippen LogP contribution in [0.2, 0.25) is 0 Å². The lowest BCUT2D eigenvalue weighted by molar-refractivity contribution is 0.104. The second-order valence-corrected chi connectivity index (χ2v) is 7.38. The number of benzene rings is 2. The summed E-state index contributed by atoms with van der Waals surface area (Å²) in [6.45, 7) is 7.92. The number of ether oxygens (including phenoxy) is 2. The van der Waals surface area contributed by atoms with Crippen LogP contribution >= 0.6 is 0 Å². The maximum atomic E-state index is 12.5. The lowest BCUT2D eigenvalue weighted by Crippen LogP contribution is -2.25. The van der Waals surface area contributed by atoms with Crippen LogP contribution in [0.3, 0.4) is 0 Å². The molecule has 0 aromatic heterocycles. The van der Waals surface area contributed by atoms with Crippen molar-refractivity contribution in [1.82, 2.24) is 4.90 Å². The molecule has 2 aromatic carbocycles. The third-order valence-corrected chi connectivity index (χ3v) is 4.98. The summed E-state index contributed by atoms with van der Waals surface area (Å²) in [5.41, 5.74) is 3.80. The molecule has 0 unspecified atom stereocenters. The summed E-state index contributed by atoms with van der Waals surface area (Å²) in [6.07, 6.45) is 5.99. The number of rotatable bonds is 8. The fourth-order valence-corrected chi connectivity index (χ4v) is 3.58. The smallest absolute Gasteiger partial charge is 0.185 e. The molecule has 1 aliphatic rings. The zero-order valence-corrected chi connectivity index (χ0v) is 17.0. The van der Waals surface area contributed by atoms with Crippen LogP contribution in [-0.2, 0) is 0 Å². The normalized spacial score (nSPS) is 14.5. The third kappa shape index (κ3) is 5.46. The Hall–Kier alpha value is -2.59. The van der Waals surface area contributed by atoms with Crippen molar-refractivity contribution in [3.63, 3.8) is 0 Å². The summed E-state index contributed by atoms with van der Waals surface area (Å²) in [5, 5.41) is 0. The van der Waals surface area contributed by atoms with Gasteiger partial charge in [0.05, 0.1) is 7.11 Å². The van der Waals surface area contributed by atoms with E-state index in [2.05, 4.69) is 11.0 Å². The van der Waals surface area contributed by atoms with Crippen molar-refractivity contribution in [2.45, 2.75) is 26.7 Å². The molecule has 4 heteroatoms. The van der Waals surface area contributed by atoms with E-state index in [1.54, 1.807) is 13.2 Å². The van der Waals surface area contributed by atoms with Gasteiger partial charge in [0, 0.05) is 12.1 Å². The highest BCUT2D eigenvalue weighted by molar-refractivity contribution is 6.07. The average Bonchev–Trinajstić information content (AvgIpc) is 3.19. The number of hydrogen-bond acceptors (Lipinski definition) is 4. The standard InChI is InChI=1S/C24H29NO3/c1-18-14-19(2)16-21(15-18)22(26)8-6-20-7-9-23(24(17-20)27-3)28-13-12-25-10-4-5-11-25/h6-9,14-17H,4-5,10-13H2,1-3H3. The van der Waals surface area contributed by atoms with Crippen LogP contribution in [-0.4, -0.2) is 44.0 Å². The van der Waals surface area contributed by atoms with Gasteiger partial charge in [-0.3, -0.25) is 9.69 Å². The molecule has 4 nitrogen and oxygen atoms in total. The Kier molecular flexibility index (Phi) is 6.88. The van der Waals surface area contributed by atoms with Gasteiger partial charge < -0.3 is 9.47 Å². The Morgan fingerprint density at radius 3 is 2.43 bits per heavy atom. The molecular formula is C24H29NO3. The molecule has 1 saturated heterocycles. The van der Waals surface area contributed by atoms with E-state index in [1.165, 1.54) is 25.9 Å². The van der Waals surface area contributed by atoms with E-state index >= 15 is 0 Å². The summed E-state index contributed by atoms with van der Waals surface area (Å²) in [6, 6.07) is 11.6. The van der Waals surface area contributed by atoms with Gasteiger partial charge in [-0.15, -0.1) is 0 Å². The fourth-order valence-electron chi connectivity index (χ4n) is 3.58.